The smallest absolute Gasteiger partial charge is 0.462 e. The Morgan fingerprint density at radius 2 is 0.950 bits per heavy atom. The summed E-state index contributed by atoms with van der Waals surface area (Å²) in [6.45, 7) is 3.13. The molecule has 0 spiro atoms. The maximum absolute atomic E-state index is 12.8. The number of hydrogen-bond acceptors (Lipinski definition) is 12. The van der Waals surface area contributed by atoms with Gasteiger partial charge in [-0.15, -0.1) is 0 Å². The van der Waals surface area contributed by atoms with E-state index in [0.717, 1.165) is 57.8 Å². The van der Waals surface area contributed by atoms with E-state index >= 15 is 0 Å². The van der Waals surface area contributed by atoms with Crippen LogP contribution in [0, 0.1) is 0 Å². The second-order valence-corrected chi connectivity index (χ2v) is 16.9. The van der Waals surface area contributed by atoms with Crippen LogP contribution in [0.2, 0.25) is 0 Å². The van der Waals surface area contributed by atoms with E-state index in [9.17, 15) is 44.6 Å². The van der Waals surface area contributed by atoms with E-state index in [1.807, 2.05) is 12.2 Å². The van der Waals surface area contributed by atoms with Crippen LogP contribution in [0.15, 0.2) is 60.8 Å². The molecule has 1 aliphatic carbocycles. The number of unbranched alkanes of at least 4 members (excludes halogenated alkanes) is 14. The highest BCUT2D eigenvalue weighted by molar-refractivity contribution is 7.47. The molecule has 6 unspecified atom stereocenters. The molecule has 0 amide bonds. The van der Waals surface area contributed by atoms with Crippen LogP contribution in [0.4, 0.5) is 0 Å². The van der Waals surface area contributed by atoms with Gasteiger partial charge in [-0.2, -0.15) is 0 Å². The number of esters is 2. The largest absolute Gasteiger partial charge is 0.472 e. The van der Waals surface area contributed by atoms with Crippen LogP contribution in [0.3, 0.4) is 0 Å². The lowest BCUT2D eigenvalue weighted by Crippen LogP contribution is -2.64. The standard InChI is InChI=1S/C46H79O13P/c1-3-5-7-9-11-13-15-17-19-20-21-23-24-26-28-30-32-34-39(47)56-36-38(37-57-60(54,55)59-46-44(52)42(50)41(49)43(51)45(46)53)58-40(48)35-33-31-29-27-25-22-18-16-14-12-10-8-6-4-2/h5,7,11,13,17,19,21,23,26,28,38,41-46,49-53H,3-4,6,8-10,12,14-16,18,20,22,24-25,27,29-37H2,1-2H3,(H,54,55)/b7-5+,13-11+,19-17+,23-21+,28-26+/t38-,41?,42-,43?,44?,45?,46?/m0/s1. The van der Waals surface area contributed by atoms with Crippen molar-refractivity contribution in [3.63, 3.8) is 0 Å². The highest BCUT2D eigenvalue weighted by Gasteiger charge is 2.51. The van der Waals surface area contributed by atoms with Crippen LogP contribution >= 0.6 is 7.82 Å². The fourth-order valence-corrected chi connectivity index (χ4v) is 7.47. The molecule has 1 fully saturated rings. The van der Waals surface area contributed by atoms with Gasteiger partial charge in [0.2, 0.25) is 0 Å². The Morgan fingerprint density at radius 1 is 0.533 bits per heavy atom. The second kappa shape index (κ2) is 36.1. The normalized spacial score (nSPS) is 22.7. The Balaban J connectivity index is 2.51. The van der Waals surface area contributed by atoms with Gasteiger partial charge in [0.15, 0.2) is 6.10 Å². The van der Waals surface area contributed by atoms with E-state index in [0.29, 0.717) is 19.3 Å². The number of carbonyl (C=O) groups excluding carboxylic acids is 2. The molecule has 0 heterocycles. The van der Waals surface area contributed by atoms with Gasteiger partial charge in [-0.3, -0.25) is 18.6 Å². The molecular formula is C46H79O13P. The number of phosphoric acid groups is 1. The van der Waals surface area contributed by atoms with Gasteiger partial charge in [0.1, 0.15) is 43.2 Å². The first kappa shape index (κ1) is 55.6. The van der Waals surface area contributed by atoms with E-state index in [4.69, 9.17) is 18.5 Å². The topological polar surface area (TPSA) is 210 Å². The Morgan fingerprint density at radius 3 is 1.43 bits per heavy atom. The molecule has 0 aliphatic heterocycles. The summed E-state index contributed by atoms with van der Waals surface area (Å²) in [7, 11) is -5.13. The lowest BCUT2D eigenvalue weighted by Gasteiger charge is -2.41. The lowest BCUT2D eigenvalue weighted by atomic mass is 9.85. The monoisotopic (exact) mass is 871 g/mol. The first-order valence-corrected chi connectivity index (χ1v) is 24.1. The molecule has 0 aromatic heterocycles. The van der Waals surface area contributed by atoms with Gasteiger partial charge in [0, 0.05) is 12.8 Å². The van der Waals surface area contributed by atoms with Crippen LogP contribution < -0.4 is 0 Å². The maximum atomic E-state index is 12.8. The predicted molar refractivity (Wildman–Crippen MR) is 235 cm³/mol. The van der Waals surface area contributed by atoms with Gasteiger partial charge in [0.25, 0.3) is 0 Å². The average molecular weight is 871 g/mol. The summed E-state index contributed by atoms with van der Waals surface area (Å²) in [6.07, 6.45) is 30.0. The highest BCUT2D eigenvalue weighted by Crippen LogP contribution is 2.47. The molecule has 1 saturated carbocycles. The molecule has 0 aromatic carbocycles. The molecule has 346 valence electrons. The second-order valence-electron chi connectivity index (χ2n) is 15.5. The van der Waals surface area contributed by atoms with E-state index in [1.54, 1.807) is 0 Å². The number of aliphatic hydroxyl groups is 5. The van der Waals surface area contributed by atoms with Gasteiger partial charge in [-0.1, -0.05) is 158 Å². The zero-order valence-corrected chi connectivity index (χ0v) is 37.4. The average Bonchev–Trinajstić information content (AvgIpc) is 3.23. The van der Waals surface area contributed by atoms with E-state index in [-0.39, 0.29) is 12.8 Å². The third kappa shape index (κ3) is 28.2. The third-order valence-corrected chi connectivity index (χ3v) is 11.1. The Kier molecular flexibility index (Phi) is 33.4. The molecule has 1 rings (SSSR count). The summed E-state index contributed by atoms with van der Waals surface area (Å²) in [4.78, 5) is 35.6. The summed E-state index contributed by atoms with van der Waals surface area (Å²) in [5, 5.41) is 50.1. The molecule has 0 bridgehead atoms. The Hall–Kier alpha value is -2.45. The van der Waals surface area contributed by atoms with Crippen molar-refractivity contribution in [1.29, 1.82) is 0 Å². The highest BCUT2D eigenvalue weighted by atomic mass is 31.2. The van der Waals surface area contributed by atoms with E-state index in [1.165, 1.54) is 57.8 Å². The molecule has 0 aromatic rings. The van der Waals surface area contributed by atoms with Crippen LogP contribution in [-0.4, -0.2) is 98.3 Å². The molecule has 6 N–H and O–H groups in total. The van der Waals surface area contributed by atoms with Crippen molar-refractivity contribution < 1.29 is 63.1 Å². The van der Waals surface area contributed by atoms with Gasteiger partial charge >= 0.3 is 19.8 Å². The minimum Gasteiger partial charge on any atom is -0.462 e. The van der Waals surface area contributed by atoms with Crippen molar-refractivity contribution in [2.45, 2.75) is 204 Å². The number of hydrogen-bond donors (Lipinski definition) is 6. The first-order chi connectivity index (χ1) is 28.9. The molecular weight excluding hydrogens is 791 g/mol. The van der Waals surface area contributed by atoms with Crippen molar-refractivity contribution in [1.82, 2.24) is 0 Å². The fraction of sp³-hybridized carbons (Fsp3) is 0.739. The van der Waals surface area contributed by atoms with Crippen molar-refractivity contribution in [2.75, 3.05) is 13.2 Å². The number of rotatable bonds is 36. The zero-order valence-electron chi connectivity index (χ0n) is 36.5. The first-order valence-electron chi connectivity index (χ1n) is 22.6. The Labute approximate surface area is 360 Å². The summed E-state index contributed by atoms with van der Waals surface area (Å²) in [5.74, 6) is -1.17. The number of allylic oxidation sites excluding steroid dienone is 10. The molecule has 13 nitrogen and oxygen atoms in total. The van der Waals surface area contributed by atoms with Gasteiger partial charge in [-0.25, -0.2) is 4.57 Å². The molecule has 0 radical (unpaired) electrons. The number of carbonyl (C=O) groups is 2. The number of phosphoric ester groups is 1. The summed E-state index contributed by atoms with van der Waals surface area (Å²) in [5.41, 5.74) is 0. The minimum absolute atomic E-state index is 0.0849. The number of aliphatic hydroxyl groups excluding tert-OH is 5. The Bertz CT molecular complexity index is 1280. The van der Waals surface area contributed by atoms with E-state index < -0.39 is 75.7 Å². The molecule has 1 aliphatic rings. The molecule has 0 saturated heterocycles. The van der Waals surface area contributed by atoms with Gasteiger partial charge in [-0.05, 0) is 51.4 Å². The van der Waals surface area contributed by atoms with Crippen molar-refractivity contribution in [2.24, 2.45) is 0 Å². The summed E-state index contributed by atoms with van der Waals surface area (Å²) < 4.78 is 33.4. The summed E-state index contributed by atoms with van der Waals surface area (Å²) >= 11 is 0. The summed E-state index contributed by atoms with van der Waals surface area (Å²) in [6, 6.07) is 0. The van der Waals surface area contributed by atoms with Crippen LogP contribution in [0.25, 0.3) is 0 Å². The lowest BCUT2D eigenvalue weighted by molar-refractivity contribution is -0.220. The van der Waals surface area contributed by atoms with E-state index in [2.05, 4.69) is 62.5 Å². The maximum Gasteiger partial charge on any atom is 0.472 e. The van der Waals surface area contributed by atoms with Crippen molar-refractivity contribution in [3.05, 3.63) is 60.8 Å². The SMILES string of the molecule is CC/C=C/C/C=C/C/C=C/C/C=C/C/C=C/CCCC(=O)OC[C@@H](COP(=O)(O)OC1C(O)C(O)C(O)[C@H](O)C1O)OC(=O)CCCCCCCCCCCCCCCC. The quantitative estimate of drug-likeness (QED) is 0.0151. The fourth-order valence-electron chi connectivity index (χ4n) is 6.50. The molecule has 14 heteroatoms. The van der Waals surface area contributed by atoms with Crippen molar-refractivity contribution in [3.8, 4) is 0 Å². The van der Waals surface area contributed by atoms with Crippen LogP contribution in [-0.2, 0) is 32.7 Å². The molecule has 60 heavy (non-hydrogen) atoms. The minimum atomic E-state index is -5.13. The van der Waals surface area contributed by atoms with Gasteiger partial charge in [0.05, 0.1) is 6.61 Å². The predicted octanol–water partition coefficient (Wildman–Crippen LogP) is 8.55. The van der Waals surface area contributed by atoms with Crippen molar-refractivity contribution >= 4 is 19.8 Å². The zero-order chi connectivity index (χ0) is 44.3. The molecule has 8 atom stereocenters. The third-order valence-electron chi connectivity index (χ3n) is 10.1. The van der Waals surface area contributed by atoms with Gasteiger partial charge < -0.3 is 39.9 Å². The number of ether oxygens (including phenoxy) is 2. The van der Waals surface area contributed by atoms with Crippen LogP contribution in [0.5, 0.6) is 0 Å². The van der Waals surface area contributed by atoms with Crippen LogP contribution in [0.1, 0.15) is 162 Å².